The van der Waals surface area contributed by atoms with Gasteiger partial charge in [-0.15, -0.1) is 0 Å². The molecule has 2 saturated heterocycles. The van der Waals surface area contributed by atoms with Gasteiger partial charge in [0.2, 0.25) is 11.8 Å². The smallest absolute Gasteiger partial charge is 0.255 e. The molecular weight excluding hydrogens is 463 g/mol. The number of hydrogen-bond acceptors (Lipinski definition) is 5. The highest BCUT2D eigenvalue weighted by Crippen LogP contribution is 2.33. The number of anilines is 3. The van der Waals surface area contributed by atoms with Crippen LogP contribution in [0.4, 0.5) is 21.5 Å². The van der Waals surface area contributed by atoms with Crippen LogP contribution in [-0.4, -0.2) is 43.0 Å². The molecule has 2 heterocycles. The molecule has 3 aliphatic rings. The average Bonchev–Trinajstić information content (AvgIpc) is 2.86. The Kier molecular flexibility index (Phi) is 6.49. The van der Waals surface area contributed by atoms with Crippen molar-refractivity contribution in [2.45, 2.75) is 38.9 Å². The van der Waals surface area contributed by atoms with Crippen molar-refractivity contribution in [3.05, 3.63) is 66.0 Å². The van der Waals surface area contributed by atoms with Gasteiger partial charge in [-0.3, -0.25) is 19.8 Å². The van der Waals surface area contributed by atoms with Gasteiger partial charge in [-0.25, -0.2) is 9.40 Å². The number of morpholine rings is 1. The van der Waals surface area contributed by atoms with Gasteiger partial charge in [0.15, 0.2) is 0 Å². The lowest BCUT2D eigenvalue weighted by atomic mass is 9.80. The van der Waals surface area contributed by atoms with Crippen LogP contribution >= 0.6 is 0 Å². The zero-order chi connectivity index (χ0) is 25.4. The van der Waals surface area contributed by atoms with Gasteiger partial charge in [0, 0.05) is 24.3 Å². The summed E-state index contributed by atoms with van der Waals surface area (Å²) in [6.07, 6.45) is 4.89. The van der Waals surface area contributed by atoms with Crippen LogP contribution in [0.5, 0.6) is 0 Å². The van der Waals surface area contributed by atoms with E-state index < -0.39 is 17.6 Å². The summed E-state index contributed by atoms with van der Waals surface area (Å²) >= 11 is 0. The summed E-state index contributed by atoms with van der Waals surface area (Å²) in [5.41, 5.74) is 4.12. The van der Waals surface area contributed by atoms with Crippen LogP contribution < -0.4 is 20.7 Å². The second-order valence-corrected chi connectivity index (χ2v) is 9.64. The van der Waals surface area contributed by atoms with Gasteiger partial charge >= 0.3 is 0 Å². The summed E-state index contributed by atoms with van der Waals surface area (Å²) in [6, 6.07) is 11.1. The quantitative estimate of drug-likeness (QED) is 0.636. The molecule has 0 bridgehead atoms. The molecule has 9 heteroatoms. The molecule has 2 fully saturated rings. The normalized spacial score (nSPS) is 25.9. The first-order valence-electron chi connectivity index (χ1n) is 12.2. The van der Waals surface area contributed by atoms with Crippen molar-refractivity contribution in [2.75, 3.05) is 28.3 Å². The third-order valence-electron chi connectivity index (χ3n) is 6.86. The monoisotopic (exact) mass is 492 g/mol. The number of fused-ring (bicyclic) bond motifs is 1. The molecule has 36 heavy (non-hydrogen) atoms. The third-order valence-corrected chi connectivity index (χ3v) is 6.86. The summed E-state index contributed by atoms with van der Waals surface area (Å²) in [5.74, 6) is -2.08. The summed E-state index contributed by atoms with van der Waals surface area (Å²) in [6.45, 7) is 5.08. The maximum absolute atomic E-state index is 14.9. The van der Waals surface area contributed by atoms with E-state index in [1.165, 1.54) is 17.1 Å². The van der Waals surface area contributed by atoms with Gasteiger partial charge in [-0.05, 0) is 63.1 Å². The SMILES string of the molecule is CC1CN(c2ccc(NC(=O)c3cccc(N4NC(=O)C5CC=CCC5C4=O)c3)cc2F)CC(C)O1. The van der Waals surface area contributed by atoms with Crippen LogP contribution in [-0.2, 0) is 14.3 Å². The van der Waals surface area contributed by atoms with Crippen molar-refractivity contribution in [1.82, 2.24) is 5.43 Å². The molecule has 3 amide bonds. The number of halogens is 1. The molecule has 4 atom stereocenters. The number of hydrogen-bond donors (Lipinski definition) is 2. The topological polar surface area (TPSA) is 91.0 Å². The minimum Gasteiger partial charge on any atom is -0.372 e. The van der Waals surface area contributed by atoms with Gasteiger partial charge in [-0.2, -0.15) is 0 Å². The first-order valence-corrected chi connectivity index (χ1v) is 12.2. The molecular formula is C27H29FN4O4. The molecule has 2 N–H and O–H groups in total. The Bertz CT molecular complexity index is 1220. The Hall–Kier alpha value is -3.72. The van der Waals surface area contributed by atoms with Crippen molar-refractivity contribution in [1.29, 1.82) is 0 Å². The van der Waals surface area contributed by atoms with Crippen LogP contribution in [0.15, 0.2) is 54.6 Å². The van der Waals surface area contributed by atoms with Crippen LogP contribution in [0.3, 0.4) is 0 Å². The van der Waals surface area contributed by atoms with Gasteiger partial charge in [0.05, 0.1) is 35.4 Å². The fourth-order valence-corrected chi connectivity index (χ4v) is 5.19. The third kappa shape index (κ3) is 4.70. The van der Waals surface area contributed by atoms with E-state index in [1.807, 2.05) is 30.9 Å². The number of rotatable bonds is 4. The maximum Gasteiger partial charge on any atom is 0.255 e. The zero-order valence-corrected chi connectivity index (χ0v) is 20.2. The largest absolute Gasteiger partial charge is 0.372 e. The molecule has 1 aliphatic carbocycles. The average molecular weight is 493 g/mol. The predicted molar refractivity (Wildman–Crippen MR) is 134 cm³/mol. The van der Waals surface area contributed by atoms with E-state index in [0.717, 1.165) is 0 Å². The van der Waals surface area contributed by atoms with Crippen molar-refractivity contribution >= 4 is 34.8 Å². The Morgan fingerprint density at radius 2 is 1.75 bits per heavy atom. The van der Waals surface area contributed by atoms with Crippen molar-refractivity contribution in [2.24, 2.45) is 11.8 Å². The van der Waals surface area contributed by atoms with Gasteiger partial charge in [0.1, 0.15) is 5.82 Å². The summed E-state index contributed by atoms with van der Waals surface area (Å²) in [4.78, 5) is 40.5. The maximum atomic E-state index is 14.9. The molecule has 2 aromatic carbocycles. The van der Waals surface area contributed by atoms with Gasteiger partial charge in [0.25, 0.3) is 5.91 Å². The highest BCUT2D eigenvalue weighted by Gasteiger charge is 2.42. The van der Waals surface area contributed by atoms with Gasteiger partial charge < -0.3 is 15.0 Å². The van der Waals surface area contributed by atoms with Crippen LogP contribution in [0, 0.1) is 17.7 Å². The predicted octanol–water partition coefficient (Wildman–Crippen LogP) is 3.65. The molecule has 8 nitrogen and oxygen atoms in total. The fourth-order valence-electron chi connectivity index (χ4n) is 5.19. The van der Waals surface area contributed by atoms with E-state index >= 15 is 0 Å². The number of nitrogens with zero attached hydrogens (tertiary/aromatic N) is 2. The van der Waals surface area contributed by atoms with Crippen molar-refractivity contribution < 1.29 is 23.5 Å². The molecule has 0 spiro atoms. The number of nitrogens with one attached hydrogen (secondary N) is 2. The summed E-state index contributed by atoms with van der Waals surface area (Å²) < 4.78 is 20.7. The van der Waals surface area contributed by atoms with Crippen molar-refractivity contribution in [3.8, 4) is 0 Å². The molecule has 0 radical (unpaired) electrons. The van der Waals surface area contributed by atoms with Crippen LogP contribution in [0.25, 0.3) is 0 Å². The first-order chi connectivity index (χ1) is 17.3. The lowest BCUT2D eigenvalue weighted by Crippen LogP contribution is -2.59. The van der Waals surface area contributed by atoms with Gasteiger partial charge in [-0.1, -0.05) is 18.2 Å². The standard InChI is InChI=1S/C27H29FN4O4/c1-16-14-31(15-17(2)36-16)24-11-10-19(13-23(24)28)29-25(33)18-6-5-7-20(12-18)32-27(35)22-9-4-3-8-21(22)26(34)30-32/h3-7,10-13,16-17,21-22H,8-9,14-15H2,1-2H3,(H,29,33)(H,30,34). The lowest BCUT2D eigenvalue weighted by molar-refractivity contribution is -0.139. The van der Waals surface area contributed by atoms with E-state index in [1.54, 1.807) is 30.3 Å². The van der Waals surface area contributed by atoms with E-state index in [2.05, 4.69) is 10.7 Å². The number of carbonyl (C=O) groups is 3. The minimum absolute atomic E-state index is 0.00293. The van der Waals surface area contributed by atoms with E-state index in [-0.39, 0.29) is 35.5 Å². The van der Waals surface area contributed by atoms with Crippen LogP contribution in [0.1, 0.15) is 37.0 Å². The second-order valence-electron chi connectivity index (χ2n) is 9.64. The Balaban J connectivity index is 1.30. The highest BCUT2D eigenvalue weighted by molar-refractivity contribution is 6.07. The highest BCUT2D eigenvalue weighted by atomic mass is 19.1. The number of benzene rings is 2. The second kappa shape index (κ2) is 9.73. The number of amides is 3. The Morgan fingerprint density at radius 3 is 2.47 bits per heavy atom. The lowest BCUT2D eigenvalue weighted by Gasteiger charge is -2.38. The zero-order valence-electron chi connectivity index (χ0n) is 20.2. The van der Waals surface area contributed by atoms with Crippen LogP contribution in [0.2, 0.25) is 0 Å². The Morgan fingerprint density at radius 1 is 1.03 bits per heavy atom. The molecule has 2 aromatic rings. The molecule has 2 aliphatic heterocycles. The fraction of sp³-hybridized carbons (Fsp3) is 0.370. The molecule has 0 saturated carbocycles. The number of hydrazine groups is 1. The van der Waals surface area contributed by atoms with Crippen molar-refractivity contribution in [3.63, 3.8) is 0 Å². The molecule has 5 rings (SSSR count). The Labute approximate surface area is 209 Å². The molecule has 0 aromatic heterocycles. The minimum atomic E-state index is -0.452. The van der Waals surface area contributed by atoms with E-state index in [4.69, 9.17) is 4.74 Å². The summed E-state index contributed by atoms with van der Waals surface area (Å²) in [5, 5.41) is 3.94. The number of carbonyl (C=O) groups excluding carboxylic acids is 3. The first kappa shape index (κ1) is 24.0. The molecule has 188 valence electrons. The number of allylic oxidation sites excluding steroid dienone is 2. The molecule has 4 unspecified atom stereocenters. The summed E-state index contributed by atoms with van der Waals surface area (Å²) in [7, 11) is 0. The van der Waals surface area contributed by atoms with E-state index in [0.29, 0.717) is 43.0 Å². The van der Waals surface area contributed by atoms with E-state index in [9.17, 15) is 18.8 Å². The number of ether oxygens (including phenoxy) is 1.